The molecule has 0 radical (unpaired) electrons. The molecule has 20 heavy (non-hydrogen) atoms. The minimum Gasteiger partial charge on any atom is -0.336 e. The Bertz CT molecular complexity index is 526. The first-order chi connectivity index (χ1) is 9.47. The summed E-state index contributed by atoms with van der Waals surface area (Å²) in [4.78, 5) is 8.32. The summed E-state index contributed by atoms with van der Waals surface area (Å²) in [5, 5.41) is 3.67. The summed E-state index contributed by atoms with van der Waals surface area (Å²) in [5.74, 6) is 0. The summed E-state index contributed by atoms with van der Waals surface area (Å²) < 4.78 is 2.12. The van der Waals surface area contributed by atoms with Crippen LogP contribution in [-0.4, -0.2) is 20.6 Å². The fraction of sp³-hybridized carbons (Fsp3) is 0.500. The van der Waals surface area contributed by atoms with Gasteiger partial charge in [-0.05, 0) is 29.5 Å². The van der Waals surface area contributed by atoms with E-state index in [0.29, 0.717) is 6.04 Å². The number of pyridine rings is 1. The van der Waals surface area contributed by atoms with E-state index < -0.39 is 0 Å². The van der Waals surface area contributed by atoms with Crippen molar-refractivity contribution in [3.05, 3.63) is 48.3 Å². The van der Waals surface area contributed by atoms with Crippen LogP contribution in [0.4, 0.5) is 0 Å². The maximum Gasteiger partial charge on any atom is 0.0946 e. The Morgan fingerprint density at radius 3 is 2.65 bits per heavy atom. The molecular weight excluding hydrogens is 248 g/mol. The van der Waals surface area contributed by atoms with E-state index in [2.05, 4.69) is 53.6 Å². The molecule has 0 saturated heterocycles. The highest BCUT2D eigenvalue weighted by atomic mass is 15.1. The smallest absolute Gasteiger partial charge is 0.0946 e. The molecule has 2 rings (SSSR count). The second kappa shape index (κ2) is 6.18. The molecule has 0 aliphatic rings. The zero-order valence-electron chi connectivity index (χ0n) is 12.8. The third-order valence-corrected chi connectivity index (χ3v) is 3.68. The molecule has 0 amide bonds. The average Bonchev–Trinajstić information content (AvgIpc) is 2.87. The lowest BCUT2D eigenvalue weighted by atomic mass is 9.86. The number of aryl methyl sites for hydroxylation is 1. The van der Waals surface area contributed by atoms with E-state index in [1.807, 2.05) is 31.1 Å². The largest absolute Gasteiger partial charge is 0.336 e. The van der Waals surface area contributed by atoms with Crippen molar-refractivity contribution in [1.29, 1.82) is 0 Å². The summed E-state index contributed by atoms with van der Waals surface area (Å²) in [6.45, 7) is 10.7. The van der Waals surface area contributed by atoms with Crippen molar-refractivity contribution in [2.45, 2.75) is 46.8 Å². The Balaban J connectivity index is 2.03. The molecule has 4 heteroatoms. The Labute approximate surface area is 121 Å². The maximum atomic E-state index is 4.21. The van der Waals surface area contributed by atoms with Crippen LogP contribution in [0.5, 0.6) is 0 Å². The SMILES string of the molecule is Cc1ccncc1CNC(Cn1ccnc1)C(C)(C)C. The second-order valence-corrected chi connectivity index (χ2v) is 6.36. The first-order valence-electron chi connectivity index (χ1n) is 7.05. The van der Waals surface area contributed by atoms with Gasteiger partial charge in [-0.25, -0.2) is 4.98 Å². The molecule has 1 atom stereocenters. The van der Waals surface area contributed by atoms with Crippen LogP contribution in [0.1, 0.15) is 31.9 Å². The fourth-order valence-electron chi connectivity index (χ4n) is 2.17. The monoisotopic (exact) mass is 272 g/mol. The highest BCUT2D eigenvalue weighted by Gasteiger charge is 2.24. The first-order valence-corrected chi connectivity index (χ1v) is 7.05. The third-order valence-electron chi connectivity index (χ3n) is 3.68. The molecule has 0 bridgehead atoms. The predicted octanol–water partition coefficient (Wildman–Crippen LogP) is 2.79. The lowest BCUT2D eigenvalue weighted by Crippen LogP contribution is -2.43. The van der Waals surface area contributed by atoms with Gasteiger partial charge in [0.15, 0.2) is 0 Å². The van der Waals surface area contributed by atoms with Gasteiger partial charge >= 0.3 is 0 Å². The summed E-state index contributed by atoms with van der Waals surface area (Å²) in [6, 6.07) is 2.43. The van der Waals surface area contributed by atoms with Gasteiger partial charge in [0, 0.05) is 43.9 Å². The van der Waals surface area contributed by atoms with Gasteiger partial charge in [0.05, 0.1) is 6.33 Å². The van der Waals surface area contributed by atoms with Crippen LogP contribution in [-0.2, 0) is 13.1 Å². The van der Waals surface area contributed by atoms with Gasteiger partial charge in [-0.1, -0.05) is 20.8 Å². The molecule has 0 aliphatic carbocycles. The van der Waals surface area contributed by atoms with Gasteiger partial charge in [0.25, 0.3) is 0 Å². The number of hydrogen-bond donors (Lipinski definition) is 1. The van der Waals surface area contributed by atoms with Gasteiger partial charge in [0.2, 0.25) is 0 Å². The van der Waals surface area contributed by atoms with Crippen molar-refractivity contribution in [2.24, 2.45) is 5.41 Å². The summed E-state index contributed by atoms with van der Waals surface area (Å²) in [5.41, 5.74) is 2.72. The number of nitrogens with zero attached hydrogens (tertiary/aromatic N) is 3. The summed E-state index contributed by atoms with van der Waals surface area (Å²) >= 11 is 0. The fourth-order valence-corrected chi connectivity index (χ4v) is 2.17. The van der Waals surface area contributed by atoms with E-state index >= 15 is 0 Å². The second-order valence-electron chi connectivity index (χ2n) is 6.36. The Kier molecular flexibility index (Phi) is 4.55. The molecule has 2 heterocycles. The molecule has 0 aromatic carbocycles. The van der Waals surface area contributed by atoms with Crippen molar-refractivity contribution < 1.29 is 0 Å². The van der Waals surface area contributed by atoms with Gasteiger partial charge < -0.3 is 9.88 Å². The number of aromatic nitrogens is 3. The first kappa shape index (κ1) is 14.7. The molecule has 2 aromatic heterocycles. The molecule has 0 spiro atoms. The summed E-state index contributed by atoms with van der Waals surface area (Å²) in [6.07, 6.45) is 9.49. The molecule has 0 saturated carbocycles. The van der Waals surface area contributed by atoms with Crippen LogP contribution in [0.15, 0.2) is 37.2 Å². The zero-order chi connectivity index (χ0) is 14.6. The van der Waals surface area contributed by atoms with E-state index in [-0.39, 0.29) is 5.41 Å². The van der Waals surface area contributed by atoms with Crippen LogP contribution < -0.4 is 5.32 Å². The van der Waals surface area contributed by atoms with Gasteiger partial charge in [-0.3, -0.25) is 4.98 Å². The highest BCUT2D eigenvalue weighted by molar-refractivity contribution is 5.21. The predicted molar refractivity (Wildman–Crippen MR) is 81.3 cm³/mol. The van der Waals surface area contributed by atoms with Crippen molar-refractivity contribution in [3.8, 4) is 0 Å². The van der Waals surface area contributed by atoms with E-state index in [9.17, 15) is 0 Å². The lowest BCUT2D eigenvalue weighted by molar-refractivity contribution is 0.240. The molecule has 0 fully saturated rings. The Morgan fingerprint density at radius 1 is 1.25 bits per heavy atom. The van der Waals surface area contributed by atoms with Gasteiger partial charge in [-0.2, -0.15) is 0 Å². The molecule has 1 N–H and O–H groups in total. The third kappa shape index (κ3) is 3.90. The standard InChI is InChI=1S/C16H24N4/c1-13-5-6-17-9-14(13)10-19-15(16(2,3)4)11-20-8-7-18-12-20/h5-9,12,15,19H,10-11H2,1-4H3. The topological polar surface area (TPSA) is 42.7 Å². The van der Waals surface area contributed by atoms with Gasteiger partial charge in [-0.15, -0.1) is 0 Å². The van der Waals surface area contributed by atoms with E-state index in [1.54, 1.807) is 0 Å². The zero-order valence-corrected chi connectivity index (χ0v) is 12.8. The molecule has 1 unspecified atom stereocenters. The van der Waals surface area contributed by atoms with Crippen LogP contribution in [0.2, 0.25) is 0 Å². The highest BCUT2D eigenvalue weighted by Crippen LogP contribution is 2.21. The number of hydrogen-bond acceptors (Lipinski definition) is 3. The molecule has 108 valence electrons. The average molecular weight is 272 g/mol. The maximum absolute atomic E-state index is 4.21. The molecule has 4 nitrogen and oxygen atoms in total. The quantitative estimate of drug-likeness (QED) is 0.910. The lowest BCUT2D eigenvalue weighted by Gasteiger charge is -2.32. The van der Waals surface area contributed by atoms with Crippen LogP contribution in [0.25, 0.3) is 0 Å². The molecule has 0 aliphatic heterocycles. The number of rotatable bonds is 5. The Hall–Kier alpha value is -1.68. The van der Waals surface area contributed by atoms with Crippen LogP contribution >= 0.6 is 0 Å². The minimum atomic E-state index is 0.181. The minimum absolute atomic E-state index is 0.181. The van der Waals surface area contributed by atoms with Crippen LogP contribution in [0, 0.1) is 12.3 Å². The van der Waals surface area contributed by atoms with Gasteiger partial charge in [0.1, 0.15) is 0 Å². The Morgan fingerprint density at radius 2 is 2.05 bits per heavy atom. The normalized spacial score (nSPS) is 13.4. The van der Waals surface area contributed by atoms with Crippen LogP contribution in [0.3, 0.4) is 0 Å². The van der Waals surface area contributed by atoms with E-state index in [4.69, 9.17) is 0 Å². The number of nitrogens with one attached hydrogen (secondary N) is 1. The van der Waals surface area contributed by atoms with E-state index in [1.165, 1.54) is 11.1 Å². The molecule has 2 aromatic rings. The van der Waals surface area contributed by atoms with Crippen molar-refractivity contribution in [3.63, 3.8) is 0 Å². The summed E-state index contributed by atoms with van der Waals surface area (Å²) in [7, 11) is 0. The van der Waals surface area contributed by atoms with Crippen molar-refractivity contribution in [2.75, 3.05) is 0 Å². The van der Waals surface area contributed by atoms with Crippen molar-refractivity contribution in [1.82, 2.24) is 19.9 Å². The van der Waals surface area contributed by atoms with Crippen molar-refractivity contribution >= 4 is 0 Å². The van der Waals surface area contributed by atoms with E-state index in [0.717, 1.165) is 13.1 Å². The molecular formula is C16H24N4. The number of imidazole rings is 1.